The first kappa shape index (κ1) is 16.2. The Balaban J connectivity index is 1.72. The van der Waals surface area contributed by atoms with E-state index in [0.29, 0.717) is 19.6 Å². The van der Waals surface area contributed by atoms with Gasteiger partial charge in [0.15, 0.2) is 0 Å². The lowest BCUT2D eigenvalue weighted by molar-refractivity contribution is -0.132. The van der Waals surface area contributed by atoms with Crippen molar-refractivity contribution >= 4 is 17.2 Å². The highest BCUT2D eigenvalue weighted by Gasteiger charge is 2.18. The summed E-state index contributed by atoms with van der Waals surface area (Å²) >= 11 is 1.74. The van der Waals surface area contributed by atoms with Crippen LogP contribution in [0.5, 0.6) is 0 Å². The van der Waals surface area contributed by atoms with E-state index in [1.54, 1.807) is 17.4 Å². The van der Waals surface area contributed by atoms with Gasteiger partial charge in [-0.05, 0) is 28.8 Å². The Kier molecular flexibility index (Phi) is 6.92. The van der Waals surface area contributed by atoms with Gasteiger partial charge in [0.05, 0.1) is 19.6 Å². The number of hydrogen-bond donors (Lipinski definition) is 0. The monoisotopic (exact) mass is 308 g/mol. The van der Waals surface area contributed by atoms with Crippen molar-refractivity contribution in [2.45, 2.75) is 19.4 Å². The highest BCUT2D eigenvalue weighted by molar-refractivity contribution is 7.07. The van der Waals surface area contributed by atoms with Gasteiger partial charge in [-0.15, -0.1) is 6.58 Å². The van der Waals surface area contributed by atoms with Crippen LogP contribution >= 0.6 is 11.3 Å². The number of rotatable bonds is 7. The van der Waals surface area contributed by atoms with Crippen molar-refractivity contribution in [3.63, 3.8) is 0 Å². The van der Waals surface area contributed by atoms with Crippen LogP contribution in [0.15, 0.2) is 29.5 Å². The molecule has 0 N–H and O–H groups in total. The summed E-state index contributed by atoms with van der Waals surface area (Å²) in [7, 11) is 0. The first-order valence-corrected chi connectivity index (χ1v) is 8.43. The zero-order valence-electron chi connectivity index (χ0n) is 12.5. The van der Waals surface area contributed by atoms with E-state index < -0.39 is 0 Å². The van der Waals surface area contributed by atoms with Crippen LogP contribution in [-0.2, 0) is 16.1 Å². The standard InChI is InChI=1S/C16H24N2O2S/c1-2-10-20-11-4-16(19)18-7-3-6-17(8-9-18)13-15-5-12-21-14-15/h2,5,12,14H,1,3-4,6-11,13H2. The molecule has 1 fully saturated rings. The van der Waals surface area contributed by atoms with Gasteiger partial charge >= 0.3 is 0 Å². The SMILES string of the molecule is C=CCOCCC(=O)N1CCCN(Cc2ccsc2)CC1. The van der Waals surface area contributed by atoms with Crippen LogP contribution in [0.4, 0.5) is 0 Å². The summed E-state index contributed by atoms with van der Waals surface area (Å²) in [4.78, 5) is 16.6. The van der Waals surface area contributed by atoms with Gasteiger partial charge in [0.1, 0.15) is 0 Å². The lowest BCUT2D eigenvalue weighted by Gasteiger charge is -2.21. The molecule has 1 saturated heterocycles. The number of ether oxygens (including phenoxy) is 1. The molecule has 0 radical (unpaired) electrons. The fraction of sp³-hybridized carbons (Fsp3) is 0.562. The molecule has 1 aromatic rings. The summed E-state index contributed by atoms with van der Waals surface area (Å²) in [6.45, 7) is 9.29. The highest BCUT2D eigenvalue weighted by Crippen LogP contribution is 2.12. The number of carbonyl (C=O) groups is 1. The van der Waals surface area contributed by atoms with E-state index in [1.165, 1.54) is 5.56 Å². The molecular formula is C16H24N2O2S. The molecule has 0 atom stereocenters. The molecule has 21 heavy (non-hydrogen) atoms. The van der Waals surface area contributed by atoms with Crippen molar-refractivity contribution in [1.29, 1.82) is 0 Å². The third-order valence-electron chi connectivity index (χ3n) is 3.62. The molecule has 1 amide bonds. The quantitative estimate of drug-likeness (QED) is 0.573. The summed E-state index contributed by atoms with van der Waals surface area (Å²) in [5, 5.41) is 4.32. The first-order chi connectivity index (χ1) is 10.3. The third kappa shape index (κ3) is 5.61. The van der Waals surface area contributed by atoms with Gasteiger partial charge in [0, 0.05) is 32.7 Å². The average molecular weight is 308 g/mol. The predicted molar refractivity (Wildman–Crippen MR) is 86.4 cm³/mol. The number of nitrogens with zero attached hydrogens (tertiary/aromatic N) is 2. The topological polar surface area (TPSA) is 32.8 Å². The van der Waals surface area contributed by atoms with Crippen molar-refractivity contribution in [2.75, 3.05) is 39.4 Å². The maximum atomic E-state index is 12.1. The Morgan fingerprint density at radius 1 is 1.38 bits per heavy atom. The molecule has 1 aromatic heterocycles. The molecule has 1 aliphatic rings. The maximum absolute atomic E-state index is 12.1. The minimum atomic E-state index is 0.205. The number of hydrogen-bond acceptors (Lipinski definition) is 4. The lowest BCUT2D eigenvalue weighted by Crippen LogP contribution is -2.35. The number of carbonyl (C=O) groups excluding carboxylic acids is 1. The van der Waals surface area contributed by atoms with Crippen molar-refractivity contribution in [1.82, 2.24) is 9.80 Å². The zero-order valence-corrected chi connectivity index (χ0v) is 13.3. The Labute approximate surface area is 131 Å². The maximum Gasteiger partial charge on any atom is 0.224 e. The van der Waals surface area contributed by atoms with E-state index in [1.807, 2.05) is 4.90 Å². The van der Waals surface area contributed by atoms with Gasteiger partial charge in [0.25, 0.3) is 0 Å². The van der Waals surface area contributed by atoms with Gasteiger partial charge in [-0.1, -0.05) is 6.08 Å². The Morgan fingerprint density at radius 3 is 3.05 bits per heavy atom. The molecule has 1 aliphatic heterocycles. The second-order valence-corrected chi connectivity index (χ2v) is 6.04. The minimum Gasteiger partial charge on any atom is -0.377 e. The van der Waals surface area contributed by atoms with Gasteiger partial charge < -0.3 is 9.64 Å². The van der Waals surface area contributed by atoms with E-state index in [0.717, 1.165) is 39.1 Å². The van der Waals surface area contributed by atoms with Gasteiger partial charge in [-0.3, -0.25) is 9.69 Å². The summed E-state index contributed by atoms with van der Waals surface area (Å²) in [6, 6.07) is 2.18. The number of amides is 1. The van der Waals surface area contributed by atoms with Crippen molar-refractivity contribution < 1.29 is 9.53 Å². The molecule has 116 valence electrons. The fourth-order valence-corrected chi connectivity index (χ4v) is 3.16. The largest absolute Gasteiger partial charge is 0.377 e. The van der Waals surface area contributed by atoms with E-state index in [9.17, 15) is 4.79 Å². The van der Waals surface area contributed by atoms with Gasteiger partial charge in [0.2, 0.25) is 5.91 Å². The zero-order chi connectivity index (χ0) is 14.9. The summed E-state index contributed by atoms with van der Waals surface area (Å²) < 4.78 is 5.29. The fourth-order valence-electron chi connectivity index (χ4n) is 2.50. The summed E-state index contributed by atoms with van der Waals surface area (Å²) in [6.07, 6.45) is 3.22. The second kappa shape index (κ2) is 8.97. The van der Waals surface area contributed by atoms with Crippen LogP contribution in [-0.4, -0.2) is 55.1 Å². The molecular weight excluding hydrogens is 284 g/mol. The summed E-state index contributed by atoms with van der Waals surface area (Å²) in [5.74, 6) is 0.205. The molecule has 0 aromatic carbocycles. The third-order valence-corrected chi connectivity index (χ3v) is 4.36. The molecule has 5 heteroatoms. The van der Waals surface area contributed by atoms with E-state index in [-0.39, 0.29) is 5.91 Å². The van der Waals surface area contributed by atoms with Crippen LogP contribution in [0.25, 0.3) is 0 Å². The smallest absolute Gasteiger partial charge is 0.224 e. The molecule has 0 bridgehead atoms. The van der Waals surface area contributed by atoms with E-state index in [4.69, 9.17) is 4.74 Å². The Hall–Kier alpha value is -1.17. The summed E-state index contributed by atoms with van der Waals surface area (Å²) in [5.41, 5.74) is 1.37. The first-order valence-electron chi connectivity index (χ1n) is 7.49. The van der Waals surface area contributed by atoms with Crippen LogP contribution in [0.1, 0.15) is 18.4 Å². The van der Waals surface area contributed by atoms with E-state index >= 15 is 0 Å². The molecule has 4 nitrogen and oxygen atoms in total. The Morgan fingerprint density at radius 2 is 2.29 bits per heavy atom. The van der Waals surface area contributed by atoms with Gasteiger partial charge in [-0.25, -0.2) is 0 Å². The van der Waals surface area contributed by atoms with Crippen molar-refractivity contribution in [2.24, 2.45) is 0 Å². The predicted octanol–water partition coefficient (Wildman–Crippen LogP) is 2.38. The van der Waals surface area contributed by atoms with Crippen molar-refractivity contribution in [3.8, 4) is 0 Å². The van der Waals surface area contributed by atoms with Crippen LogP contribution in [0.3, 0.4) is 0 Å². The van der Waals surface area contributed by atoms with Crippen LogP contribution < -0.4 is 0 Å². The molecule has 0 aliphatic carbocycles. The molecule has 0 spiro atoms. The van der Waals surface area contributed by atoms with Gasteiger partial charge in [-0.2, -0.15) is 11.3 Å². The Bertz CT molecular complexity index is 433. The van der Waals surface area contributed by atoms with Crippen LogP contribution in [0, 0.1) is 0 Å². The minimum absolute atomic E-state index is 0.205. The lowest BCUT2D eigenvalue weighted by atomic mass is 10.3. The number of thiophene rings is 1. The molecule has 0 saturated carbocycles. The molecule has 2 heterocycles. The molecule has 2 rings (SSSR count). The highest BCUT2D eigenvalue weighted by atomic mass is 32.1. The van der Waals surface area contributed by atoms with Crippen molar-refractivity contribution in [3.05, 3.63) is 35.0 Å². The normalized spacial score (nSPS) is 16.7. The average Bonchev–Trinajstić information content (AvgIpc) is 2.88. The van der Waals surface area contributed by atoms with Crippen LogP contribution in [0.2, 0.25) is 0 Å². The molecule has 0 unspecified atom stereocenters. The van der Waals surface area contributed by atoms with E-state index in [2.05, 4.69) is 28.3 Å². The second-order valence-electron chi connectivity index (χ2n) is 5.26.